The Morgan fingerprint density at radius 1 is 1.08 bits per heavy atom. The summed E-state index contributed by atoms with van der Waals surface area (Å²) in [7, 11) is 0. The van der Waals surface area contributed by atoms with Crippen molar-refractivity contribution in [1.29, 1.82) is 0 Å². The molecule has 0 bridgehead atoms. The van der Waals surface area contributed by atoms with E-state index in [0.717, 1.165) is 17.3 Å². The maximum absolute atomic E-state index is 12.6. The lowest BCUT2D eigenvalue weighted by atomic mass is 9.94. The number of likely N-dealkylation sites (tertiary alicyclic amines) is 1. The molecule has 0 N–H and O–H groups in total. The van der Waals surface area contributed by atoms with Crippen LogP contribution in [-0.4, -0.2) is 60.5 Å². The third kappa shape index (κ3) is 3.98. The fraction of sp³-hybridized carbons (Fsp3) is 0.556. The van der Waals surface area contributed by atoms with Crippen LogP contribution in [0.5, 0.6) is 0 Å². The highest BCUT2D eigenvalue weighted by Crippen LogP contribution is 2.23. The standard InChI is InChI=1S/C18H23BrN2O3/c1-13-12-21(10-11-24-13)18(23)15-6-8-20(9-7-15)17(22)14-2-4-16(19)5-3-14/h2-5,13,15H,6-12H2,1H3. The smallest absolute Gasteiger partial charge is 0.253 e. The second-order valence-corrected chi connectivity index (χ2v) is 7.45. The number of hydrogen-bond donors (Lipinski definition) is 0. The zero-order valence-electron chi connectivity index (χ0n) is 13.9. The maximum Gasteiger partial charge on any atom is 0.253 e. The van der Waals surface area contributed by atoms with Crippen molar-refractivity contribution in [2.75, 3.05) is 32.8 Å². The van der Waals surface area contributed by atoms with Gasteiger partial charge in [-0.1, -0.05) is 15.9 Å². The number of piperidine rings is 1. The molecular formula is C18H23BrN2O3. The minimum absolute atomic E-state index is 0.0317. The normalized spacial score (nSPS) is 22.5. The first kappa shape index (κ1) is 17.4. The summed E-state index contributed by atoms with van der Waals surface area (Å²) in [6.45, 7) is 5.27. The Balaban J connectivity index is 1.54. The molecule has 0 spiro atoms. The molecule has 1 aromatic rings. The third-order valence-corrected chi connectivity index (χ3v) is 5.30. The Bertz CT molecular complexity index is 597. The number of carbonyl (C=O) groups excluding carboxylic acids is 2. The molecule has 0 saturated carbocycles. The lowest BCUT2D eigenvalue weighted by Gasteiger charge is -2.37. The van der Waals surface area contributed by atoms with Crippen LogP contribution in [0.15, 0.2) is 28.7 Å². The summed E-state index contributed by atoms with van der Waals surface area (Å²) in [5.41, 5.74) is 0.699. The zero-order valence-corrected chi connectivity index (χ0v) is 15.5. The van der Waals surface area contributed by atoms with Crippen molar-refractivity contribution < 1.29 is 14.3 Å². The van der Waals surface area contributed by atoms with E-state index in [4.69, 9.17) is 4.74 Å². The molecule has 2 fully saturated rings. The van der Waals surface area contributed by atoms with Gasteiger partial charge in [-0.15, -0.1) is 0 Å². The van der Waals surface area contributed by atoms with Gasteiger partial charge < -0.3 is 14.5 Å². The number of halogens is 1. The summed E-state index contributed by atoms with van der Waals surface area (Å²) >= 11 is 3.38. The molecule has 24 heavy (non-hydrogen) atoms. The van der Waals surface area contributed by atoms with E-state index in [1.54, 1.807) is 0 Å². The Morgan fingerprint density at radius 3 is 2.38 bits per heavy atom. The topological polar surface area (TPSA) is 49.9 Å². The van der Waals surface area contributed by atoms with Crippen LogP contribution >= 0.6 is 15.9 Å². The van der Waals surface area contributed by atoms with Gasteiger partial charge in [0.05, 0.1) is 12.7 Å². The van der Waals surface area contributed by atoms with Crippen molar-refractivity contribution >= 4 is 27.7 Å². The minimum Gasteiger partial charge on any atom is -0.375 e. The number of morpholine rings is 1. The molecule has 1 unspecified atom stereocenters. The van der Waals surface area contributed by atoms with E-state index in [-0.39, 0.29) is 23.8 Å². The summed E-state index contributed by atoms with van der Waals surface area (Å²) in [6, 6.07) is 7.42. The van der Waals surface area contributed by atoms with Gasteiger partial charge in [0.15, 0.2) is 0 Å². The first-order chi connectivity index (χ1) is 11.5. The van der Waals surface area contributed by atoms with Gasteiger partial charge in [0.1, 0.15) is 0 Å². The van der Waals surface area contributed by atoms with Crippen LogP contribution in [0.2, 0.25) is 0 Å². The number of carbonyl (C=O) groups is 2. The SMILES string of the molecule is CC1CN(C(=O)C2CCN(C(=O)c3ccc(Br)cc3)CC2)CCO1. The fourth-order valence-electron chi connectivity index (χ4n) is 3.38. The first-order valence-electron chi connectivity index (χ1n) is 8.50. The average molecular weight is 395 g/mol. The zero-order chi connectivity index (χ0) is 17.1. The van der Waals surface area contributed by atoms with Gasteiger partial charge in [0.2, 0.25) is 5.91 Å². The molecule has 0 radical (unpaired) electrons. The highest BCUT2D eigenvalue weighted by atomic mass is 79.9. The lowest BCUT2D eigenvalue weighted by molar-refractivity contribution is -0.143. The van der Waals surface area contributed by atoms with E-state index >= 15 is 0 Å². The number of amides is 2. The summed E-state index contributed by atoms with van der Waals surface area (Å²) in [6.07, 6.45) is 1.60. The molecule has 2 saturated heterocycles. The molecule has 0 aromatic heterocycles. The van der Waals surface area contributed by atoms with Crippen molar-refractivity contribution in [3.8, 4) is 0 Å². The van der Waals surface area contributed by atoms with Gasteiger partial charge in [-0.2, -0.15) is 0 Å². The number of hydrogen-bond acceptors (Lipinski definition) is 3. The monoisotopic (exact) mass is 394 g/mol. The van der Waals surface area contributed by atoms with Crippen molar-refractivity contribution in [1.82, 2.24) is 9.80 Å². The van der Waals surface area contributed by atoms with E-state index in [0.29, 0.717) is 38.3 Å². The van der Waals surface area contributed by atoms with E-state index in [1.165, 1.54) is 0 Å². The molecule has 5 nitrogen and oxygen atoms in total. The lowest BCUT2D eigenvalue weighted by Crippen LogP contribution is -2.49. The van der Waals surface area contributed by atoms with E-state index in [2.05, 4.69) is 15.9 Å². The highest BCUT2D eigenvalue weighted by molar-refractivity contribution is 9.10. The summed E-state index contributed by atoms with van der Waals surface area (Å²) in [5, 5.41) is 0. The average Bonchev–Trinajstić information content (AvgIpc) is 2.61. The predicted octanol–water partition coefficient (Wildman–Crippen LogP) is 2.55. The van der Waals surface area contributed by atoms with Gasteiger partial charge >= 0.3 is 0 Å². The van der Waals surface area contributed by atoms with Crippen LogP contribution in [0.1, 0.15) is 30.1 Å². The summed E-state index contributed by atoms with van der Waals surface area (Å²) in [5.74, 6) is 0.304. The van der Waals surface area contributed by atoms with E-state index in [9.17, 15) is 9.59 Å². The quantitative estimate of drug-likeness (QED) is 0.774. The number of benzene rings is 1. The molecule has 130 valence electrons. The Labute approximate surface area is 151 Å². The number of nitrogens with zero attached hydrogens (tertiary/aromatic N) is 2. The molecule has 0 aliphatic carbocycles. The second kappa shape index (κ2) is 7.66. The highest BCUT2D eigenvalue weighted by Gasteiger charge is 2.32. The molecule has 2 amide bonds. The van der Waals surface area contributed by atoms with E-state index < -0.39 is 0 Å². The third-order valence-electron chi connectivity index (χ3n) is 4.78. The van der Waals surface area contributed by atoms with Gasteiger partial charge in [0, 0.05) is 42.1 Å². The Hall–Kier alpha value is -1.40. The maximum atomic E-state index is 12.6. The number of rotatable bonds is 2. The Kier molecular flexibility index (Phi) is 5.56. The van der Waals surface area contributed by atoms with Crippen molar-refractivity contribution in [3.05, 3.63) is 34.3 Å². The minimum atomic E-state index is 0.0317. The molecule has 6 heteroatoms. The summed E-state index contributed by atoms with van der Waals surface area (Å²) < 4.78 is 6.46. The number of ether oxygens (including phenoxy) is 1. The molecule has 2 aliphatic rings. The van der Waals surface area contributed by atoms with E-state index in [1.807, 2.05) is 41.0 Å². The molecular weight excluding hydrogens is 372 g/mol. The van der Waals surface area contributed by atoms with Crippen molar-refractivity contribution in [2.45, 2.75) is 25.9 Å². The molecule has 2 heterocycles. The van der Waals surface area contributed by atoms with Crippen molar-refractivity contribution in [3.63, 3.8) is 0 Å². The van der Waals surface area contributed by atoms with Gasteiger partial charge in [-0.25, -0.2) is 0 Å². The van der Waals surface area contributed by atoms with Crippen LogP contribution < -0.4 is 0 Å². The predicted molar refractivity (Wildman–Crippen MR) is 94.8 cm³/mol. The first-order valence-corrected chi connectivity index (χ1v) is 9.29. The van der Waals surface area contributed by atoms with Crippen LogP contribution in [-0.2, 0) is 9.53 Å². The Morgan fingerprint density at radius 2 is 1.75 bits per heavy atom. The van der Waals surface area contributed by atoms with Crippen molar-refractivity contribution in [2.24, 2.45) is 5.92 Å². The van der Waals surface area contributed by atoms with Gasteiger partial charge in [0.25, 0.3) is 5.91 Å². The largest absolute Gasteiger partial charge is 0.375 e. The molecule has 2 aliphatic heterocycles. The van der Waals surface area contributed by atoms with Crippen LogP contribution in [0.25, 0.3) is 0 Å². The molecule has 1 aromatic carbocycles. The molecule has 3 rings (SSSR count). The van der Waals surface area contributed by atoms with Gasteiger partial charge in [-0.3, -0.25) is 9.59 Å². The van der Waals surface area contributed by atoms with Crippen LogP contribution in [0.4, 0.5) is 0 Å². The summed E-state index contributed by atoms with van der Waals surface area (Å²) in [4.78, 5) is 29.0. The van der Waals surface area contributed by atoms with Gasteiger partial charge in [-0.05, 0) is 44.0 Å². The molecule has 1 atom stereocenters. The second-order valence-electron chi connectivity index (χ2n) is 6.54. The van der Waals surface area contributed by atoms with Crippen LogP contribution in [0.3, 0.4) is 0 Å². The van der Waals surface area contributed by atoms with Crippen LogP contribution in [0, 0.1) is 5.92 Å². The fourth-order valence-corrected chi connectivity index (χ4v) is 3.65.